The van der Waals surface area contributed by atoms with E-state index in [0.717, 1.165) is 6.54 Å². The van der Waals surface area contributed by atoms with Gasteiger partial charge >= 0.3 is 0 Å². The van der Waals surface area contributed by atoms with Crippen LogP contribution in [0, 0.1) is 0 Å². The van der Waals surface area contributed by atoms with Crippen LogP contribution in [0.4, 0.5) is 0 Å². The lowest BCUT2D eigenvalue weighted by molar-refractivity contribution is 0.156. The highest BCUT2D eigenvalue weighted by Crippen LogP contribution is 2.44. The molecule has 0 bridgehead atoms. The van der Waals surface area contributed by atoms with Crippen LogP contribution in [0.1, 0.15) is 36.8 Å². The van der Waals surface area contributed by atoms with E-state index >= 15 is 0 Å². The molecule has 0 aromatic heterocycles. The number of hydrogen-bond donors (Lipinski definition) is 0. The van der Waals surface area contributed by atoms with Gasteiger partial charge in [-0.2, -0.15) is 0 Å². The second kappa shape index (κ2) is 6.11. The number of nitrogens with zero attached hydrogens (tertiary/aromatic N) is 1. The van der Waals surface area contributed by atoms with E-state index < -0.39 is 0 Å². The molecule has 1 aromatic carbocycles. The van der Waals surface area contributed by atoms with Crippen LogP contribution in [0.5, 0.6) is 0 Å². The minimum atomic E-state index is 0. The van der Waals surface area contributed by atoms with E-state index in [1.165, 1.54) is 45.2 Å². The Bertz CT molecular complexity index is 433. The van der Waals surface area contributed by atoms with Crippen molar-refractivity contribution in [2.24, 2.45) is 0 Å². The molecule has 1 spiro atoms. The van der Waals surface area contributed by atoms with Crippen LogP contribution in [-0.4, -0.2) is 24.5 Å². The highest BCUT2D eigenvalue weighted by molar-refractivity contribution is 5.85. The highest BCUT2D eigenvalue weighted by Gasteiger charge is 2.38. The van der Waals surface area contributed by atoms with Gasteiger partial charge in [0.05, 0.1) is 0 Å². The maximum Gasteiger partial charge on any atom is 0.0160 e. The quantitative estimate of drug-likeness (QED) is 0.740. The van der Waals surface area contributed by atoms with Crippen LogP contribution >= 0.6 is 12.4 Å². The predicted molar refractivity (Wildman–Crippen MR) is 84.2 cm³/mol. The van der Waals surface area contributed by atoms with Gasteiger partial charge in [-0.3, -0.25) is 4.90 Å². The molecule has 104 valence electrons. The lowest BCUT2D eigenvalue weighted by atomic mass is 9.65. The van der Waals surface area contributed by atoms with E-state index in [1.807, 2.05) is 6.08 Å². The Labute approximate surface area is 123 Å². The Morgan fingerprint density at radius 1 is 1.16 bits per heavy atom. The minimum absolute atomic E-state index is 0. The SMILES string of the molecule is C=CCN1CCC2(CCCc3ccccc32)CC1.Cl. The van der Waals surface area contributed by atoms with Crippen molar-refractivity contribution in [3.63, 3.8) is 0 Å². The summed E-state index contributed by atoms with van der Waals surface area (Å²) in [5.41, 5.74) is 3.77. The summed E-state index contributed by atoms with van der Waals surface area (Å²) in [6.45, 7) is 7.38. The molecule has 1 aliphatic heterocycles. The number of benzene rings is 1. The van der Waals surface area contributed by atoms with E-state index in [1.54, 1.807) is 11.1 Å². The summed E-state index contributed by atoms with van der Waals surface area (Å²) in [5.74, 6) is 0. The predicted octanol–water partition coefficient (Wildman–Crippen LogP) is 3.96. The third-order valence-electron chi connectivity index (χ3n) is 4.89. The average Bonchev–Trinajstić information content (AvgIpc) is 2.43. The molecule has 0 amide bonds. The zero-order valence-corrected chi connectivity index (χ0v) is 12.4. The number of piperidine rings is 1. The first-order valence-corrected chi connectivity index (χ1v) is 7.26. The van der Waals surface area contributed by atoms with Crippen molar-refractivity contribution in [3.8, 4) is 0 Å². The highest BCUT2D eigenvalue weighted by atomic mass is 35.5. The lowest BCUT2D eigenvalue weighted by Crippen LogP contribution is -2.44. The summed E-state index contributed by atoms with van der Waals surface area (Å²) in [6.07, 6.45) is 8.75. The molecule has 3 rings (SSSR count). The van der Waals surface area contributed by atoms with E-state index in [0.29, 0.717) is 5.41 Å². The maximum absolute atomic E-state index is 3.85. The van der Waals surface area contributed by atoms with E-state index in [2.05, 4.69) is 35.7 Å². The minimum Gasteiger partial charge on any atom is -0.300 e. The van der Waals surface area contributed by atoms with Crippen LogP contribution in [0.15, 0.2) is 36.9 Å². The Kier molecular flexibility index (Phi) is 4.70. The molecule has 0 unspecified atom stereocenters. The van der Waals surface area contributed by atoms with Crippen molar-refractivity contribution in [3.05, 3.63) is 48.0 Å². The fourth-order valence-electron chi connectivity index (χ4n) is 3.87. The first-order chi connectivity index (χ1) is 8.84. The summed E-state index contributed by atoms with van der Waals surface area (Å²) >= 11 is 0. The van der Waals surface area contributed by atoms with Crippen LogP contribution in [0.2, 0.25) is 0 Å². The number of likely N-dealkylation sites (tertiary alicyclic amines) is 1. The molecule has 0 radical (unpaired) electrons. The Balaban J connectivity index is 0.00000133. The first-order valence-electron chi connectivity index (χ1n) is 7.26. The molecule has 1 aromatic rings. The second-order valence-corrected chi connectivity index (χ2v) is 5.88. The van der Waals surface area contributed by atoms with Gasteiger partial charge in [0.1, 0.15) is 0 Å². The molecular weight excluding hydrogens is 254 g/mol. The topological polar surface area (TPSA) is 3.24 Å². The number of rotatable bonds is 2. The molecule has 0 atom stereocenters. The van der Waals surface area contributed by atoms with Gasteiger partial charge in [-0.1, -0.05) is 30.3 Å². The maximum atomic E-state index is 3.85. The fraction of sp³-hybridized carbons (Fsp3) is 0.529. The van der Waals surface area contributed by atoms with Crippen molar-refractivity contribution in [1.82, 2.24) is 4.90 Å². The summed E-state index contributed by atoms with van der Waals surface area (Å²) < 4.78 is 0. The molecule has 1 saturated heterocycles. The third kappa shape index (κ3) is 2.73. The van der Waals surface area contributed by atoms with Crippen LogP contribution in [0.25, 0.3) is 0 Å². The van der Waals surface area contributed by atoms with Crippen LogP contribution in [0.3, 0.4) is 0 Å². The molecule has 1 nitrogen and oxygen atoms in total. The van der Waals surface area contributed by atoms with Gasteiger partial charge in [0.2, 0.25) is 0 Å². The van der Waals surface area contributed by atoms with Gasteiger partial charge < -0.3 is 0 Å². The molecule has 2 heteroatoms. The van der Waals surface area contributed by atoms with E-state index in [4.69, 9.17) is 0 Å². The molecule has 1 aliphatic carbocycles. The number of halogens is 1. The zero-order chi connectivity index (χ0) is 12.4. The van der Waals surface area contributed by atoms with Crippen molar-refractivity contribution >= 4 is 12.4 Å². The third-order valence-corrected chi connectivity index (χ3v) is 4.89. The van der Waals surface area contributed by atoms with Gasteiger partial charge in [-0.05, 0) is 61.7 Å². The lowest BCUT2D eigenvalue weighted by Gasteiger charge is -2.45. The summed E-state index contributed by atoms with van der Waals surface area (Å²) in [6, 6.07) is 9.15. The van der Waals surface area contributed by atoms with Crippen molar-refractivity contribution in [2.75, 3.05) is 19.6 Å². The van der Waals surface area contributed by atoms with Gasteiger partial charge in [0.15, 0.2) is 0 Å². The largest absolute Gasteiger partial charge is 0.300 e. The van der Waals surface area contributed by atoms with E-state index in [9.17, 15) is 0 Å². The Hall–Kier alpha value is -0.790. The summed E-state index contributed by atoms with van der Waals surface area (Å²) in [4.78, 5) is 2.54. The molecule has 0 N–H and O–H groups in total. The van der Waals surface area contributed by atoms with Gasteiger partial charge in [0.25, 0.3) is 0 Å². The molecule has 0 saturated carbocycles. The summed E-state index contributed by atoms with van der Waals surface area (Å²) in [7, 11) is 0. The Morgan fingerprint density at radius 2 is 1.89 bits per heavy atom. The van der Waals surface area contributed by atoms with Crippen LogP contribution in [-0.2, 0) is 11.8 Å². The molecule has 2 aliphatic rings. The van der Waals surface area contributed by atoms with Crippen molar-refractivity contribution < 1.29 is 0 Å². The molecule has 19 heavy (non-hydrogen) atoms. The number of aryl methyl sites for hydroxylation is 1. The average molecular weight is 278 g/mol. The molecular formula is C17H24ClN. The Morgan fingerprint density at radius 3 is 2.63 bits per heavy atom. The molecule has 1 heterocycles. The van der Waals surface area contributed by atoms with Gasteiger partial charge in [-0.25, -0.2) is 0 Å². The normalized spacial score (nSPS) is 21.5. The number of fused-ring (bicyclic) bond motifs is 2. The standard InChI is InChI=1S/C17H23N.ClH/c1-2-12-18-13-10-17(11-14-18)9-5-7-15-6-3-4-8-16(15)17;/h2-4,6,8H,1,5,7,9-14H2;1H. The van der Waals surface area contributed by atoms with Gasteiger partial charge in [0, 0.05) is 6.54 Å². The van der Waals surface area contributed by atoms with E-state index in [-0.39, 0.29) is 12.4 Å². The second-order valence-electron chi connectivity index (χ2n) is 5.88. The van der Waals surface area contributed by atoms with Crippen molar-refractivity contribution in [1.29, 1.82) is 0 Å². The smallest absolute Gasteiger partial charge is 0.0160 e. The van der Waals surface area contributed by atoms with Gasteiger partial charge in [-0.15, -0.1) is 19.0 Å². The zero-order valence-electron chi connectivity index (χ0n) is 11.6. The fourth-order valence-corrected chi connectivity index (χ4v) is 3.87. The monoisotopic (exact) mass is 277 g/mol. The molecule has 1 fully saturated rings. The van der Waals surface area contributed by atoms with Crippen LogP contribution < -0.4 is 0 Å². The number of hydrogen-bond acceptors (Lipinski definition) is 1. The first kappa shape index (κ1) is 14.6. The summed E-state index contributed by atoms with van der Waals surface area (Å²) in [5, 5.41) is 0. The van der Waals surface area contributed by atoms with Crippen molar-refractivity contribution in [2.45, 2.75) is 37.5 Å².